The van der Waals surface area contributed by atoms with E-state index in [1.807, 2.05) is 12.3 Å². The SMILES string of the molecule is Brc1cccnc1C1CC2CCC1N2. The molecule has 2 nitrogen and oxygen atoms in total. The van der Waals surface area contributed by atoms with Gasteiger partial charge in [0, 0.05) is 28.7 Å². The second kappa shape index (κ2) is 3.31. The third kappa shape index (κ3) is 1.30. The highest BCUT2D eigenvalue weighted by Gasteiger charge is 2.40. The van der Waals surface area contributed by atoms with Crippen molar-refractivity contribution in [3.8, 4) is 0 Å². The van der Waals surface area contributed by atoms with E-state index >= 15 is 0 Å². The molecule has 3 unspecified atom stereocenters. The highest BCUT2D eigenvalue weighted by atomic mass is 79.9. The highest BCUT2D eigenvalue weighted by molar-refractivity contribution is 9.10. The molecule has 3 atom stereocenters. The molecule has 2 bridgehead atoms. The number of pyridine rings is 1. The highest BCUT2D eigenvalue weighted by Crippen LogP contribution is 2.41. The van der Waals surface area contributed by atoms with Crippen molar-refractivity contribution >= 4 is 15.9 Å². The molecule has 0 aromatic carbocycles. The summed E-state index contributed by atoms with van der Waals surface area (Å²) >= 11 is 3.59. The fraction of sp³-hybridized carbons (Fsp3) is 0.545. The van der Waals surface area contributed by atoms with Gasteiger partial charge in [-0.15, -0.1) is 0 Å². The summed E-state index contributed by atoms with van der Waals surface area (Å²) in [5.74, 6) is 0.629. The second-order valence-electron chi connectivity index (χ2n) is 4.26. The van der Waals surface area contributed by atoms with E-state index in [4.69, 9.17) is 0 Å². The molecule has 2 aliphatic heterocycles. The lowest BCUT2D eigenvalue weighted by Gasteiger charge is -2.20. The molecule has 0 aliphatic carbocycles. The first-order valence-corrected chi connectivity index (χ1v) is 6.00. The standard InChI is InChI=1S/C11H13BrN2/c12-9-2-1-5-13-11(9)8-6-7-3-4-10(8)14-7/h1-2,5,7-8,10,14H,3-4,6H2. The van der Waals surface area contributed by atoms with Crippen LogP contribution in [0.15, 0.2) is 22.8 Å². The third-order valence-electron chi connectivity index (χ3n) is 3.44. The maximum Gasteiger partial charge on any atom is 0.0592 e. The number of hydrogen-bond acceptors (Lipinski definition) is 2. The number of fused-ring (bicyclic) bond motifs is 2. The average molecular weight is 253 g/mol. The zero-order valence-corrected chi connectivity index (χ0v) is 9.50. The summed E-state index contributed by atoms with van der Waals surface area (Å²) in [5.41, 5.74) is 1.24. The van der Waals surface area contributed by atoms with E-state index in [-0.39, 0.29) is 0 Å². The summed E-state index contributed by atoms with van der Waals surface area (Å²) in [4.78, 5) is 4.49. The van der Waals surface area contributed by atoms with Crippen LogP contribution in [0.5, 0.6) is 0 Å². The minimum Gasteiger partial charge on any atom is -0.311 e. The van der Waals surface area contributed by atoms with Crippen molar-refractivity contribution in [2.24, 2.45) is 0 Å². The van der Waals surface area contributed by atoms with Crippen LogP contribution >= 0.6 is 15.9 Å². The number of aromatic nitrogens is 1. The average Bonchev–Trinajstić information content (AvgIpc) is 2.79. The summed E-state index contributed by atoms with van der Waals surface area (Å²) < 4.78 is 1.17. The van der Waals surface area contributed by atoms with E-state index < -0.39 is 0 Å². The Bertz CT molecular complexity index is 353. The number of hydrogen-bond donors (Lipinski definition) is 1. The van der Waals surface area contributed by atoms with Gasteiger partial charge in [0.25, 0.3) is 0 Å². The normalized spacial score (nSPS) is 35.1. The van der Waals surface area contributed by atoms with Gasteiger partial charge in [-0.05, 0) is 47.3 Å². The molecular weight excluding hydrogens is 240 g/mol. The van der Waals surface area contributed by atoms with Crippen molar-refractivity contribution in [1.29, 1.82) is 0 Å². The molecule has 0 amide bonds. The Kier molecular flexibility index (Phi) is 2.10. The van der Waals surface area contributed by atoms with Crippen molar-refractivity contribution in [2.75, 3.05) is 0 Å². The Labute approximate surface area is 92.2 Å². The first-order valence-electron chi connectivity index (χ1n) is 5.21. The first-order chi connectivity index (χ1) is 6.84. The monoisotopic (exact) mass is 252 g/mol. The van der Waals surface area contributed by atoms with Crippen molar-refractivity contribution in [3.05, 3.63) is 28.5 Å². The van der Waals surface area contributed by atoms with Gasteiger partial charge in [-0.3, -0.25) is 4.98 Å². The van der Waals surface area contributed by atoms with E-state index in [2.05, 4.69) is 32.3 Å². The largest absolute Gasteiger partial charge is 0.311 e. The summed E-state index contributed by atoms with van der Waals surface area (Å²) in [6.07, 6.45) is 5.83. The van der Waals surface area contributed by atoms with E-state index in [1.165, 1.54) is 29.4 Å². The first kappa shape index (κ1) is 8.86. The molecule has 0 spiro atoms. The molecule has 2 saturated heterocycles. The van der Waals surface area contributed by atoms with E-state index in [1.54, 1.807) is 0 Å². The van der Waals surface area contributed by atoms with Crippen LogP contribution < -0.4 is 5.32 Å². The van der Waals surface area contributed by atoms with Gasteiger partial charge in [0.15, 0.2) is 0 Å². The number of nitrogens with one attached hydrogen (secondary N) is 1. The van der Waals surface area contributed by atoms with Gasteiger partial charge in [-0.2, -0.15) is 0 Å². The fourth-order valence-electron chi connectivity index (χ4n) is 2.80. The summed E-state index contributed by atoms with van der Waals surface area (Å²) in [5, 5.41) is 3.64. The fourth-order valence-corrected chi connectivity index (χ4v) is 3.35. The maximum absolute atomic E-state index is 4.49. The van der Waals surface area contributed by atoms with Crippen LogP contribution in [0.1, 0.15) is 30.9 Å². The zero-order chi connectivity index (χ0) is 9.54. The molecule has 2 fully saturated rings. The second-order valence-corrected chi connectivity index (χ2v) is 5.11. The predicted molar refractivity (Wildman–Crippen MR) is 59.2 cm³/mol. The molecular formula is C11H13BrN2. The summed E-state index contributed by atoms with van der Waals surface area (Å²) in [7, 11) is 0. The Morgan fingerprint density at radius 1 is 1.43 bits per heavy atom. The minimum absolute atomic E-state index is 0.629. The van der Waals surface area contributed by atoms with Crippen LogP contribution in [0.25, 0.3) is 0 Å². The minimum atomic E-state index is 0.629. The molecule has 2 aliphatic rings. The zero-order valence-electron chi connectivity index (χ0n) is 7.91. The Morgan fingerprint density at radius 3 is 3.00 bits per heavy atom. The smallest absolute Gasteiger partial charge is 0.0592 e. The van der Waals surface area contributed by atoms with Gasteiger partial charge in [0.1, 0.15) is 0 Å². The van der Waals surface area contributed by atoms with Crippen LogP contribution in [-0.2, 0) is 0 Å². The topological polar surface area (TPSA) is 24.9 Å². The quantitative estimate of drug-likeness (QED) is 0.831. The van der Waals surface area contributed by atoms with Crippen molar-refractivity contribution < 1.29 is 0 Å². The van der Waals surface area contributed by atoms with Crippen molar-refractivity contribution in [1.82, 2.24) is 10.3 Å². The van der Waals surface area contributed by atoms with Gasteiger partial charge in [-0.1, -0.05) is 0 Å². The third-order valence-corrected chi connectivity index (χ3v) is 4.11. The van der Waals surface area contributed by atoms with Crippen LogP contribution in [0.3, 0.4) is 0 Å². The van der Waals surface area contributed by atoms with Crippen LogP contribution in [0, 0.1) is 0 Å². The van der Waals surface area contributed by atoms with Crippen molar-refractivity contribution in [3.63, 3.8) is 0 Å². The van der Waals surface area contributed by atoms with Crippen LogP contribution in [-0.4, -0.2) is 17.1 Å². The lowest BCUT2D eigenvalue weighted by molar-refractivity contribution is 0.496. The van der Waals surface area contributed by atoms with Gasteiger partial charge < -0.3 is 5.32 Å². The van der Waals surface area contributed by atoms with Crippen LogP contribution in [0.2, 0.25) is 0 Å². The van der Waals surface area contributed by atoms with E-state index in [0.717, 1.165) is 6.04 Å². The Morgan fingerprint density at radius 2 is 2.36 bits per heavy atom. The van der Waals surface area contributed by atoms with Crippen LogP contribution in [0.4, 0.5) is 0 Å². The number of nitrogens with zero attached hydrogens (tertiary/aromatic N) is 1. The van der Waals surface area contributed by atoms with Gasteiger partial charge in [0.05, 0.1) is 5.69 Å². The predicted octanol–water partition coefficient (Wildman–Crippen LogP) is 2.45. The summed E-state index contributed by atoms with van der Waals surface area (Å²) in [6.45, 7) is 0. The van der Waals surface area contributed by atoms with Crippen molar-refractivity contribution in [2.45, 2.75) is 37.3 Å². The molecule has 3 rings (SSSR count). The lowest BCUT2D eigenvalue weighted by Crippen LogP contribution is -2.22. The molecule has 1 aromatic rings. The number of halogens is 1. The molecule has 3 heteroatoms. The molecule has 3 heterocycles. The molecule has 0 radical (unpaired) electrons. The van der Waals surface area contributed by atoms with Gasteiger partial charge >= 0.3 is 0 Å². The lowest BCUT2D eigenvalue weighted by atomic mass is 9.86. The maximum atomic E-state index is 4.49. The Balaban J connectivity index is 1.93. The van der Waals surface area contributed by atoms with E-state index in [0.29, 0.717) is 12.0 Å². The number of rotatable bonds is 1. The molecule has 1 aromatic heterocycles. The molecule has 14 heavy (non-hydrogen) atoms. The van der Waals surface area contributed by atoms with Gasteiger partial charge in [-0.25, -0.2) is 0 Å². The summed E-state index contributed by atoms with van der Waals surface area (Å²) in [6, 6.07) is 5.49. The Hall–Kier alpha value is -0.410. The van der Waals surface area contributed by atoms with E-state index in [9.17, 15) is 0 Å². The van der Waals surface area contributed by atoms with Gasteiger partial charge in [0.2, 0.25) is 0 Å². The molecule has 74 valence electrons. The molecule has 0 saturated carbocycles. The molecule has 1 N–H and O–H groups in total.